The van der Waals surface area contributed by atoms with Crippen LogP contribution in [-0.2, 0) is 20.9 Å². The maximum Gasteiger partial charge on any atom is 0.307 e. The summed E-state index contributed by atoms with van der Waals surface area (Å²) in [5.41, 5.74) is 1.20. The second kappa shape index (κ2) is 10.7. The van der Waals surface area contributed by atoms with Crippen LogP contribution in [0.25, 0.3) is 0 Å². The van der Waals surface area contributed by atoms with Gasteiger partial charge in [-0.15, -0.1) is 0 Å². The van der Waals surface area contributed by atoms with Crippen LogP contribution < -0.4 is 5.32 Å². The van der Waals surface area contributed by atoms with Gasteiger partial charge in [0.15, 0.2) is 5.96 Å². The van der Waals surface area contributed by atoms with E-state index in [1.54, 1.807) is 0 Å². The Balaban J connectivity index is 1.76. The van der Waals surface area contributed by atoms with Crippen LogP contribution in [0, 0.1) is 5.92 Å². The molecule has 1 N–H and O–H groups in total. The Labute approximate surface area is 150 Å². The lowest BCUT2D eigenvalue weighted by atomic mass is 10.1. The van der Waals surface area contributed by atoms with Crippen LogP contribution in [-0.4, -0.2) is 56.7 Å². The lowest BCUT2D eigenvalue weighted by Crippen LogP contribution is -2.40. The van der Waals surface area contributed by atoms with Crippen LogP contribution >= 0.6 is 0 Å². The molecule has 1 aromatic carbocycles. The Bertz CT molecular complexity index is 548. The summed E-state index contributed by atoms with van der Waals surface area (Å²) in [6.07, 6.45) is 1.40. The van der Waals surface area contributed by atoms with E-state index in [4.69, 9.17) is 4.74 Å². The summed E-state index contributed by atoms with van der Waals surface area (Å²) in [6.45, 7) is 6.61. The third kappa shape index (κ3) is 6.74. The maximum atomic E-state index is 11.2. The Morgan fingerprint density at radius 2 is 2.16 bits per heavy atom. The number of guanidine groups is 1. The molecule has 1 aliphatic rings. The molecule has 1 unspecified atom stereocenters. The monoisotopic (exact) mass is 347 g/mol. The number of ether oxygens (including phenoxy) is 2. The van der Waals surface area contributed by atoms with Gasteiger partial charge in [-0.2, -0.15) is 0 Å². The first-order valence-corrected chi connectivity index (χ1v) is 8.94. The second-order valence-electron chi connectivity index (χ2n) is 6.16. The number of nitrogens with one attached hydrogen (secondary N) is 1. The molecular formula is C19H29N3O3. The standard InChI is InChI=1S/C19H29N3O3/c1-3-20-19(21-11-9-18(23)24-2)22-12-10-17(13-22)15-25-14-16-7-5-4-6-8-16/h4-8,17H,3,9-15H2,1-2H3,(H,20,21). The van der Waals surface area contributed by atoms with Gasteiger partial charge in [0.05, 0.1) is 33.3 Å². The van der Waals surface area contributed by atoms with Crippen molar-refractivity contribution in [2.45, 2.75) is 26.4 Å². The average molecular weight is 347 g/mol. The number of hydrogen-bond acceptors (Lipinski definition) is 4. The summed E-state index contributed by atoms with van der Waals surface area (Å²) in [6, 6.07) is 10.2. The van der Waals surface area contributed by atoms with E-state index in [2.05, 4.69) is 32.1 Å². The molecule has 0 saturated carbocycles. The molecule has 0 bridgehead atoms. The van der Waals surface area contributed by atoms with Gasteiger partial charge < -0.3 is 19.7 Å². The Kier molecular flexibility index (Phi) is 8.25. The zero-order valence-electron chi connectivity index (χ0n) is 15.2. The zero-order chi connectivity index (χ0) is 17.9. The number of esters is 1. The van der Waals surface area contributed by atoms with Crippen LogP contribution in [0.4, 0.5) is 0 Å². The molecule has 0 aromatic heterocycles. The number of aliphatic imine (C=N–C) groups is 1. The summed E-state index contributed by atoms with van der Waals surface area (Å²) in [4.78, 5) is 18.0. The van der Waals surface area contributed by atoms with E-state index in [1.165, 1.54) is 12.7 Å². The minimum Gasteiger partial charge on any atom is -0.469 e. The Hall–Kier alpha value is -2.08. The van der Waals surface area contributed by atoms with Gasteiger partial charge in [0.1, 0.15) is 0 Å². The Morgan fingerprint density at radius 3 is 2.88 bits per heavy atom. The van der Waals surface area contributed by atoms with Crippen LogP contribution in [0.5, 0.6) is 0 Å². The molecule has 0 amide bonds. The third-order valence-electron chi connectivity index (χ3n) is 4.19. The number of nitrogens with zero attached hydrogens (tertiary/aromatic N) is 2. The molecule has 1 aliphatic heterocycles. The molecule has 6 nitrogen and oxygen atoms in total. The number of rotatable bonds is 8. The van der Waals surface area contributed by atoms with Crippen molar-refractivity contribution in [2.24, 2.45) is 10.9 Å². The number of carbonyl (C=O) groups excluding carboxylic acids is 1. The number of likely N-dealkylation sites (tertiary alicyclic amines) is 1. The molecule has 25 heavy (non-hydrogen) atoms. The Morgan fingerprint density at radius 1 is 1.36 bits per heavy atom. The predicted molar refractivity (Wildman–Crippen MR) is 98.4 cm³/mol. The largest absolute Gasteiger partial charge is 0.469 e. The molecule has 0 radical (unpaired) electrons. The maximum absolute atomic E-state index is 11.2. The van der Waals surface area contributed by atoms with Gasteiger partial charge in [-0.1, -0.05) is 30.3 Å². The van der Waals surface area contributed by atoms with Crippen molar-refractivity contribution >= 4 is 11.9 Å². The van der Waals surface area contributed by atoms with Crippen molar-refractivity contribution in [3.05, 3.63) is 35.9 Å². The van der Waals surface area contributed by atoms with E-state index >= 15 is 0 Å². The lowest BCUT2D eigenvalue weighted by Gasteiger charge is -2.21. The zero-order valence-corrected chi connectivity index (χ0v) is 15.2. The highest BCUT2D eigenvalue weighted by atomic mass is 16.5. The molecule has 1 fully saturated rings. The summed E-state index contributed by atoms with van der Waals surface area (Å²) < 4.78 is 10.5. The van der Waals surface area contributed by atoms with Gasteiger partial charge in [0.25, 0.3) is 0 Å². The molecule has 1 atom stereocenters. The van der Waals surface area contributed by atoms with Crippen LogP contribution in [0.15, 0.2) is 35.3 Å². The normalized spacial score (nSPS) is 17.6. The van der Waals surface area contributed by atoms with E-state index in [1.807, 2.05) is 25.1 Å². The molecular weight excluding hydrogens is 318 g/mol. The minimum absolute atomic E-state index is 0.229. The smallest absolute Gasteiger partial charge is 0.307 e. The van der Waals surface area contributed by atoms with Gasteiger partial charge in [-0.3, -0.25) is 9.79 Å². The molecule has 2 rings (SSSR count). The van der Waals surface area contributed by atoms with E-state index in [9.17, 15) is 4.79 Å². The molecule has 6 heteroatoms. The quantitative estimate of drug-likeness (QED) is 0.443. The topological polar surface area (TPSA) is 63.2 Å². The highest BCUT2D eigenvalue weighted by molar-refractivity contribution is 5.80. The van der Waals surface area contributed by atoms with Crippen molar-refractivity contribution in [2.75, 3.05) is 39.9 Å². The van der Waals surface area contributed by atoms with Gasteiger partial charge in [-0.25, -0.2) is 0 Å². The number of methoxy groups -OCH3 is 1. The van der Waals surface area contributed by atoms with Crippen molar-refractivity contribution in [3.63, 3.8) is 0 Å². The highest BCUT2D eigenvalue weighted by Gasteiger charge is 2.25. The second-order valence-corrected chi connectivity index (χ2v) is 6.16. The van der Waals surface area contributed by atoms with Crippen molar-refractivity contribution in [1.29, 1.82) is 0 Å². The summed E-state index contributed by atoms with van der Waals surface area (Å²) >= 11 is 0. The van der Waals surface area contributed by atoms with Gasteiger partial charge in [0, 0.05) is 25.6 Å². The van der Waals surface area contributed by atoms with E-state index in [0.717, 1.165) is 38.6 Å². The minimum atomic E-state index is -0.229. The SMILES string of the molecule is CCNC(=NCCC(=O)OC)N1CCC(COCc2ccccc2)C1. The fourth-order valence-electron chi connectivity index (χ4n) is 2.86. The first-order chi connectivity index (χ1) is 12.2. The number of benzene rings is 1. The lowest BCUT2D eigenvalue weighted by molar-refractivity contribution is -0.140. The molecule has 1 heterocycles. The number of carbonyl (C=O) groups is 1. The van der Waals surface area contributed by atoms with Gasteiger partial charge in [-0.05, 0) is 18.9 Å². The average Bonchev–Trinajstić information content (AvgIpc) is 3.10. The fraction of sp³-hybridized carbons (Fsp3) is 0.579. The molecule has 138 valence electrons. The van der Waals surface area contributed by atoms with Crippen molar-refractivity contribution in [1.82, 2.24) is 10.2 Å². The highest BCUT2D eigenvalue weighted by Crippen LogP contribution is 2.17. The van der Waals surface area contributed by atoms with Gasteiger partial charge >= 0.3 is 5.97 Å². The fourth-order valence-corrected chi connectivity index (χ4v) is 2.86. The van der Waals surface area contributed by atoms with E-state index < -0.39 is 0 Å². The van der Waals surface area contributed by atoms with Crippen LogP contribution in [0.3, 0.4) is 0 Å². The number of hydrogen-bond donors (Lipinski definition) is 1. The molecule has 0 aliphatic carbocycles. The van der Waals surface area contributed by atoms with Crippen LogP contribution in [0.2, 0.25) is 0 Å². The molecule has 0 spiro atoms. The summed E-state index contributed by atoms with van der Waals surface area (Å²) in [5, 5.41) is 3.30. The molecule has 1 saturated heterocycles. The summed E-state index contributed by atoms with van der Waals surface area (Å²) in [7, 11) is 1.40. The van der Waals surface area contributed by atoms with E-state index in [0.29, 0.717) is 25.5 Å². The van der Waals surface area contributed by atoms with E-state index in [-0.39, 0.29) is 5.97 Å². The molecule has 1 aromatic rings. The summed E-state index contributed by atoms with van der Waals surface area (Å²) in [5.74, 6) is 1.15. The van der Waals surface area contributed by atoms with Gasteiger partial charge in [0.2, 0.25) is 0 Å². The third-order valence-corrected chi connectivity index (χ3v) is 4.19. The first kappa shape index (κ1) is 19.2. The van der Waals surface area contributed by atoms with Crippen molar-refractivity contribution in [3.8, 4) is 0 Å². The predicted octanol–water partition coefficient (Wildman–Crippen LogP) is 2.05. The van der Waals surface area contributed by atoms with Crippen molar-refractivity contribution < 1.29 is 14.3 Å². The van der Waals surface area contributed by atoms with Crippen LogP contribution in [0.1, 0.15) is 25.3 Å². The first-order valence-electron chi connectivity index (χ1n) is 8.94.